The first-order valence-electron chi connectivity index (χ1n) is 16.7. The molecule has 1 nitrogen and oxygen atoms in total. The van der Waals surface area contributed by atoms with E-state index >= 15 is 0 Å². The van der Waals surface area contributed by atoms with E-state index in [1.54, 1.807) is 0 Å². The first kappa shape index (κ1) is 27.0. The second-order valence-corrected chi connectivity index (χ2v) is 12.9. The van der Waals surface area contributed by atoms with Crippen LogP contribution in [0.2, 0.25) is 0 Å². The first-order chi connectivity index (χ1) is 23.8. The summed E-state index contributed by atoms with van der Waals surface area (Å²) < 4.78 is 0. The van der Waals surface area contributed by atoms with Gasteiger partial charge in [-0.1, -0.05) is 146 Å². The molecule has 10 rings (SSSR count). The van der Waals surface area contributed by atoms with Crippen LogP contribution in [-0.4, -0.2) is 0 Å². The molecule has 0 spiro atoms. The Morgan fingerprint density at radius 1 is 0.354 bits per heavy atom. The normalized spacial score (nSPS) is 12.1. The molecule has 224 valence electrons. The lowest BCUT2D eigenvalue weighted by molar-refractivity contribution is 1.20. The Labute approximate surface area is 280 Å². The van der Waals surface area contributed by atoms with Gasteiger partial charge in [-0.2, -0.15) is 0 Å². The molecule has 0 bridgehead atoms. The van der Waals surface area contributed by atoms with Gasteiger partial charge >= 0.3 is 0 Å². The number of benzene rings is 9. The SMILES string of the molecule is c1ccc2c(c1)Cc1c-2cccc1N(c1ccc(-c2cccc3ccccc23)cc1)c1ccc2ccc3c4ccccc4ccc3c2c1. The summed E-state index contributed by atoms with van der Waals surface area (Å²) in [6.07, 6.45) is 0.925. The lowest BCUT2D eigenvalue weighted by Gasteiger charge is -2.28. The molecule has 0 heterocycles. The predicted molar refractivity (Wildman–Crippen MR) is 205 cm³/mol. The third-order valence-electron chi connectivity index (χ3n) is 10.3. The van der Waals surface area contributed by atoms with Crippen molar-refractivity contribution in [2.24, 2.45) is 0 Å². The summed E-state index contributed by atoms with van der Waals surface area (Å²) >= 11 is 0. The van der Waals surface area contributed by atoms with E-state index in [0.29, 0.717) is 0 Å². The molecule has 0 N–H and O–H groups in total. The molecule has 48 heavy (non-hydrogen) atoms. The van der Waals surface area contributed by atoms with Gasteiger partial charge < -0.3 is 4.90 Å². The summed E-state index contributed by atoms with van der Waals surface area (Å²) in [5.41, 5.74) is 11.5. The number of hydrogen-bond donors (Lipinski definition) is 0. The number of hydrogen-bond acceptors (Lipinski definition) is 1. The molecule has 0 saturated carbocycles. The summed E-state index contributed by atoms with van der Waals surface area (Å²) in [6, 6.07) is 64.8. The summed E-state index contributed by atoms with van der Waals surface area (Å²) in [5, 5.41) is 10.2. The average molecular weight is 610 g/mol. The Morgan fingerprint density at radius 2 is 0.938 bits per heavy atom. The van der Waals surface area contributed by atoms with Gasteiger partial charge in [-0.3, -0.25) is 0 Å². The standard InChI is InChI=1S/C47H31N/c1-4-13-38-31(9-1)12-7-16-39(38)33-19-24-36(25-20-33)48(47-18-8-17-42-41-15-6-3-11-35(41)29-46(42)47)37-26-21-34-23-27-43-40-14-5-2-10-32(40)22-28-44(43)45(34)30-37/h1-28,30H,29H2. The van der Waals surface area contributed by atoms with Gasteiger partial charge in [-0.15, -0.1) is 0 Å². The minimum absolute atomic E-state index is 0.925. The lowest BCUT2D eigenvalue weighted by Crippen LogP contribution is -2.12. The van der Waals surface area contributed by atoms with Crippen LogP contribution in [-0.2, 0) is 6.42 Å². The fourth-order valence-electron chi connectivity index (χ4n) is 7.99. The Bertz CT molecular complexity index is 2700. The zero-order chi connectivity index (χ0) is 31.6. The van der Waals surface area contributed by atoms with Crippen LogP contribution in [0.4, 0.5) is 17.1 Å². The van der Waals surface area contributed by atoms with Gasteiger partial charge in [0.25, 0.3) is 0 Å². The predicted octanol–water partition coefficient (Wildman–Crippen LogP) is 13.0. The highest BCUT2D eigenvalue weighted by molar-refractivity contribution is 6.18. The molecule has 9 aromatic carbocycles. The van der Waals surface area contributed by atoms with E-state index in [1.165, 1.54) is 82.2 Å². The second kappa shape index (κ2) is 10.7. The third kappa shape index (κ3) is 4.18. The van der Waals surface area contributed by atoms with Crippen molar-refractivity contribution in [3.63, 3.8) is 0 Å². The smallest absolute Gasteiger partial charge is 0.0503 e. The van der Waals surface area contributed by atoms with Crippen LogP contribution >= 0.6 is 0 Å². The van der Waals surface area contributed by atoms with Crippen molar-refractivity contribution in [1.82, 2.24) is 0 Å². The molecule has 0 aliphatic heterocycles. The van der Waals surface area contributed by atoms with Gasteiger partial charge in [-0.25, -0.2) is 0 Å². The van der Waals surface area contributed by atoms with Gasteiger partial charge in [0, 0.05) is 17.8 Å². The van der Waals surface area contributed by atoms with Crippen molar-refractivity contribution in [3.05, 3.63) is 187 Å². The molecule has 0 saturated heterocycles. The van der Waals surface area contributed by atoms with E-state index in [1.807, 2.05) is 0 Å². The van der Waals surface area contributed by atoms with Gasteiger partial charge in [-0.05, 0) is 107 Å². The fourth-order valence-corrected chi connectivity index (χ4v) is 7.99. The highest BCUT2D eigenvalue weighted by Gasteiger charge is 2.25. The molecular weight excluding hydrogens is 579 g/mol. The monoisotopic (exact) mass is 609 g/mol. The maximum atomic E-state index is 2.47. The zero-order valence-corrected chi connectivity index (χ0v) is 26.4. The molecule has 1 aliphatic rings. The summed E-state index contributed by atoms with van der Waals surface area (Å²) in [7, 11) is 0. The molecule has 0 amide bonds. The highest BCUT2D eigenvalue weighted by Crippen LogP contribution is 2.47. The van der Waals surface area contributed by atoms with E-state index in [9.17, 15) is 0 Å². The van der Waals surface area contributed by atoms with Gasteiger partial charge in [0.15, 0.2) is 0 Å². The van der Waals surface area contributed by atoms with Crippen LogP contribution in [0.25, 0.3) is 65.3 Å². The van der Waals surface area contributed by atoms with Crippen LogP contribution in [0.3, 0.4) is 0 Å². The fraction of sp³-hybridized carbons (Fsp3) is 0.0213. The van der Waals surface area contributed by atoms with Gasteiger partial charge in [0.1, 0.15) is 0 Å². The van der Waals surface area contributed by atoms with Crippen molar-refractivity contribution >= 4 is 60.2 Å². The molecule has 0 radical (unpaired) electrons. The molecule has 0 aromatic heterocycles. The minimum atomic E-state index is 0.925. The maximum Gasteiger partial charge on any atom is 0.0503 e. The Hall–Kier alpha value is -6.18. The van der Waals surface area contributed by atoms with Crippen molar-refractivity contribution < 1.29 is 0 Å². The van der Waals surface area contributed by atoms with Crippen molar-refractivity contribution in [2.45, 2.75) is 6.42 Å². The molecule has 9 aromatic rings. The molecular formula is C47H31N. The van der Waals surface area contributed by atoms with E-state index in [-0.39, 0.29) is 0 Å². The van der Waals surface area contributed by atoms with Crippen molar-refractivity contribution in [1.29, 1.82) is 0 Å². The average Bonchev–Trinajstić information content (AvgIpc) is 3.54. The van der Waals surface area contributed by atoms with Gasteiger partial charge in [0.05, 0.1) is 5.69 Å². The van der Waals surface area contributed by atoms with Crippen LogP contribution in [0.5, 0.6) is 0 Å². The van der Waals surface area contributed by atoms with E-state index in [0.717, 1.165) is 17.8 Å². The van der Waals surface area contributed by atoms with Crippen LogP contribution in [0.15, 0.2) is 176 Å². The van der Waals surface area contributed by atoms with E-state index < -0.39 is 0 Å². The van der Waals surface area contributed by atoms with E-state index in [4.69, 9.17) is 0 Å². The van der Waals surface area contributed by atoms with Crippen LogP contribution in [0.1, 0.15) is 11.1 Å². The Kier molecular flexibility index (Phi) is 6.01. The van der Waals surface area contributed by atoms with Crippen LogP contribution in [0, 0.1) is 0 Å². The number of nitrogens with zero attached hydrogens (tertiary/aromatic N) is 1. The number of fused-ring (bicyclic) bond motifs is 9. The lowest BCUT2D eigenvalue weighted by atomic mass is 9.96. The molecule has 1 heteroatoms. The molecule has 0 unspecified atom stereocenters. The van der Waals surface area contributed by atoms with Crippen molar-refractivity contribution in [2.75, 3.05) is 4.90 Å². The molecule has 0 fully saturated rings. The minimum Gasteiger partial charge on any atom is -0.310 e. The van der Waals surface area contributed by atoms with E-state index in [2.05, 4.69) is 181 Å². The largest absolute Gasteiger partial charge is 0.310 e. The van der Waals surface area contributed by atoms with Crippen LogP contribution < -0.4 is 4.90 Å². The van der Waals surface area contributed by atoms with Crippen molar-refractivity contribution in [3.8, 4) is 22.3 Å². The first-order valence-corrected chi connectivity index (χ1v) is 16.7. The summed E-state index contributed by atoms with van der Waals surface area (Å²) in [5.74, 6) is 0. The summed E-state index contributed by atoms with van der Waals surface area (Å²) in [4.78, 5) is 2.47. The number of anilines is 3. The quantitative estimate of drug-likeness (QED) is 0.179. The number of rotatable bonds is 4. The van der Waals surface area contributed by atoms with Gasteiger partial charge in [0.2, 0.25) is 0 Å². The topological polar surface area (TPSA) is 3.24 Å². The molecule has 1 aliphatic carbocycles. The molecule has 0 atom stereocenters. The Balaban J connectivity index is 1.18. The summed E-state index contributed by atoms with van der Waals surface area (Å²) in [6.45, 7) is 0. The maximum absolute atomic E-state index is 2.47. The second-order valence-electron chi connectivity index (χ2n) is 12.9. The zero-order valence-electron chi connectivity index (χ0n) is 26.4. The highest BCUT2D eigenvalue weighted by atomic mass is 15.1. The Morgan fingerprint density at radius 3 is 1.79 bits per heavy atom. The third-order valence-corrected chi connectivity index (χ3v) is 10.3.